The topological polar surface area (TPSA) is 46.3 Å². The molecule has 80 valence electrons. The Morgan fingerprint density at radius 3 is 3.00 bits per heavy atom. The van der Waals surface area contributed by atoms with Crippen LogP contribution in [0.4, 0.5) is 0 Å². The zero-order chi connectivity index (χ0) is 10.6. The third kappa shape index (κ3) is 2.58. The summed E-state index contributed by atoms with van der Waals surface area (Å²) in [5.74, 6) is 1.30. The number of amides is 1. The molecule has 0 saturated carbocycles. The molecule has 0 aliphatic carbocycles. The van der Waals surface area contributed by atoms with Crippen LogP contribution in [0.2, 0.25) is 0 Å². The van der Waals surface area contributed by atoms with Gasteiger partial charge >= 0.3 is 0 Å². The Bertz CT molecular complexity index is 215. The maximum Gasteiger partial charge on any atom is 0.226 e. The maximum atomic E-state index is 11.6. The van der Waals surface area contributed by atoms with E-state index in [9.17, 15) is 4.79 Å². The van der Waals surface area contributed by atoms with Crippen molar-refractivity contribution in [2.24, 2.45) is 17.6 Å². The van der Waals surface area contributed by atoms with Crippen LogP contribution in [0, 0.1) is 11.8 Å². The van der Waals surface area contributed by atoms with Crippen molar-refractivity contribution in [3.63, 3.8) is 0 Å². The molecule has 1 saturated heterocycles. The normalized spacial score (nSPS) is 27.4. The van der Waals surface area contributed by atoms with Crippen LogP contribution in [0.15, 0.2) is 12.7 Å². The van der Waals surface area contributed by atoms with E-state index in [0.29, 0.717) is 24.8 Å². The number of hydrogen-bond acceptors (Lipinski definition) is 2. The quantitative estimate of drug-likeness (QED) is 0.685. The first-order valence-corrected chi connectivity index (χ1v) is 5.27. The minimum Gasteiger partial charge on any atom is -0.342 e. The second-order valence-corrected chi connectivity index (χ2v) is 4.09. The zero-order valence-electron chi connectivity index (χ0n) is 8.91. The molecule has 1 fully saturated rings. The van der Waals surface area contributed by atoms with Crippen molar-refractivity contribution in [1.29, 1.82) is 0 Å². The lowest BCUT2D eigenvalue weighted by molar-refractivity contribution is -0.132. The second-order valence-electron chi connectivity index (χ2n) is 4.09. The van der Waals surface area contributed by atoms with Crippen LogP contribution in [0.3, 0.4) is 0 Å². The summed E-state index contributed by atoms with van der Waals surface area (Å²) in [6.45, 7) is 8.18. The van der Waals surface area contributed by atoms with Gasteiger partial charge in [0.15, 0.2) is 0 Å². The molecule has 0 spiro atoms. The average Bonchev–Trinajstić information content (AvgIpc) is 2.19. The summed E-state index contributed by atoms with van der Waals surface area (Å²) >= 11 is 0. The van der Waals surface area contributed by atoms with Gasteiger partial charge in [0.1, 0.15) is 0 Å². The molecule has 3 heteroatoms. The highest BCUT2D eigenvalue weighted by molar-refractivity contribution is 5.77. The molecule has 3 nitrogen and oxygen atoms in total. The van der Waals surface area contributed by atoms with Crippen molar-refractivity contribution in [2.45, 2.75) is 19.8 Å². The summed E-state index contributed by atoms with van der Waals surface area (Å²) in [6.07, 6.45) is 3.19. The van der Waals surface area contributed by atoms with Gasteiger partial charge in [-0.15, -0.1) is 6.58 Å². The highest BCUT2D eigenvalue weighted by Crippen LogP contribution is 2.22. The molecule has 2 unspecified atom stereocenters. The van der Waals surface area contributed by atoms with Gasteiger partial charge in [0.25, 0.3) is 0 Å². The van der Waals surface area contributed by atoms with Crippen molar-refractivity contribution in [1.82, 2.24) is 4.90 Å². The van der Waals surface area contributed by atoms with Gasteiger partial charge in [0.05, 0.1) is 0 Å². The minimum absolute atomic E-state index is 0.186. The first-order valence-electron chi connectivity index (χ1n) is 5.27. The molecule has 2 atom stereocenters. The van der Waals surface area contributed by atoms with Crippen LogP contribution < -0.4 is 5.73 Å². The van der Waals surface area contributed by atoms with Gasteiger partial charge in [-0.05, 0) is 24.8 Å². The first-order chi connectivity index (χ1) is 6.69. The van der Waals surface area contributed by atoms with Gasteiger partial charge in [-0.25, -0.2) is 0 Å². The van der Waals surface area contributed by atoms with E-state index in [1.807, 2.05) is 4.90 Å². The largest absolute Gasteiger partial charge is 0.342 e. The molecule has 1 rings (SSSR count). The van der Waals surface area contributed by atoms with E-state index in [4.69, 9.17) is 5.73 Å². The molecular weight excluding hydrogens is 176 g/mol. The number of carbonyl (C=O) groups excluding carboxylic acids is 1. The second kappa shape index (κ2) is 5.15. The molecule has 0 aromatic heterocycles. The molecule has 0 bridgehead atoms. The molecule has 14 heavy (non-hydrogen) atoms. The first kappa shape index (κ1) is 11.2. The lowest BCUT2D eigenvalue weighted by Gasteiger charge is -2.36. The van der Waals surface area contributed by atoms with Crippen molar-refractivity contribution >= 4 is 5.91 Å². The average molecular weight is 196 g/mol. The molecule has 1 aliphatic heterocycles. The van der Waals surface area contributed by atoms with Crippen LogP contribution in [0.25, 0.3) is 0 Å². The van der Waals surface area contributed by atoms with Crippen LogP contribution in [-0.2, 0) is 4.79 Å². The van der Waals surface area contributed by atoms with Crippen molar-refractivity contribution in [3.05, 3.63) is 12.7 Å². The van der Waals surface area contributed by atoms with Crippen molar-refractivity contribution < 1.29 is 4.79 Å². The summed E-state index contributed by atoms with van der Waals surface area (Å²) in [5.41, 5.74) is 5.67. The Hall–Kier alpha value is -0.830. The smallest absolute Gasteiger partial charge is 0.226 e. The fourth-order valence-corrected chi connectivity index (χ4v) is 1.94. The molecular formula is C11H20N2O. The summed E-state index contributed by atoms with van der Waals surface area (Å²) < 4.78 is 0. The van der Waals surface area contributed by atoms with Gasteiger partial charge in [-0.1, -0.05) is 13.0 Å². The summed E-state index contributed by atoms with van der Waals surface area (Å²) in [4.78, 5) is 13.5. The molecule has 1 heterocycles. The van der Waals surface area contributed by atoms with E-state index in [0.717, 1.165) is 19.5 Å². The lowest BCUT2D eigenvalue weighted by Crippen LogP contribution is -2.45. The van der Waals surface area contributed by atoms with Crippen molar-refractivity contribution in [2.75, 3.05) is 19.6 Å². The molecule has 0 aromatic carbocycles. The Labute approximate surface area is 86.0 Å². The molecule has 1 amide bonds. The van der Waals surface area contributed by atoms with Crippen LogP contribution in [-0.4, -0.2) is 30.4 Å². The predicted octanol–water partition coefficient (Wildman–Crippen LogP) is 1.01. The summed E-state index contributed by atoms with van der Waals surface area (Å²) in [7, 11) is 0. The SMILES string of the molecule is C=CCC(=O)N1CCC(C)C(CN)C1. The zero-order valence-corrected chi connectivity index (χ0v) is 8.91. The number of rotatable bonds is 3. The fraction of sp³-hybridized carbons (Fsp3) is 0.727. The summed E-state index contributed by atoms with van der Waals surface area (Å²) in [6, 6.07) is 0. The monoisotopic (exact) mass is 196 g/mol. The number of piperidine rings is 1. The Kier molecular flexibility index (Phi) is 4.14. The number of hydrogen-bond donors (Lipinski definition) is 1. The maximum absolute atomic E-state index is 11.6. The number of nitrogens with two attached hydrogens (primary N) is 1. The standard InChI is InChI=1S/C11H20N2O/c1-3-4-11(14)13-6-5-9(2)10(7-12)8-13/h3,9-10H,1,4-8,12H2,2H3. The van der Waals surface area contributed by atoms with Gasteiger partial charge < -0.3 is 10.6 Å². The van der Waals surface area contributed by atoms with E-state index in [1.165, 1.54) is 0 Å². The molecule has 1 aliphatic rings. The minimum atomic E-state index is 0.186. The van der Waals surface area contributed by atoms with Crippen LogP contribution >= 0.6 is 0 Å². The van der Waals surface area contributed by atoms with Gasteiger partial charge in [0.2, 0.25) is 5.91 Å². The molecule has 0 radical (unpaired) electrons. The van der Waals surface area contributed by atoms with Crippen LogP contribution in [0.5, 0.6) is 0 Å². The van der Waals surface area contributed by atoms with Gasteiger partial charge in [-0.2, -0.15) is 0 Å². The Balaban J connectivity index is 2.49. The van der Waals surface area contributed by atoms with E-state index < -0.39 is 0 Å². The number of likely N-dealkylation sites (tertiary alicyclic amines) is 1. The number of carbonyl (C=O) groups is 1. The Morgan fingerprint density at radius 1 is 1.71 bits per heavy atom. The van der Waals surface area contributed by atoms with Gasteiger partial charge in [-0.3, -0.25) is 4.79 Å². The van der Waals surface area contributed by atoms with E-state index in [1.54, 1.807) is 6.08 Å². The van der Waals surface area contributed by atoms with Crippen LogP contribution in [0.1, 0.15) is 19.8 Å². The third-order valence-electron chi connectivity index (χ3n) is 3.09. The molecule has 0 aromatic rings. The highest BCUT2D eigenvalue weighted by atomic mass is 16.2. The van der Waals surface area contributed by atoms with E-state index >= 15 is 0 Å². The lowest BCUT2D eigenvalue weighted by atomic mass is 9.87. The Morgan fingerprint density at radius 2 is 2.43 bits per heavy atom. The van der Waals surface area contributed by atoms with E-state index in [2.05, 4.69) is 13.5 Å². The summed E-state index contributed by atoms with van der Waals surface area (Å²) in [5, 5.41) is 0. The fourth-order valence-electron chi connectivity index (χ4n) is 1.94. The van der Waals surface area contributed by atoms with E-state index in [-0.39, 0.29) is 5.91 Å². The highest BCUT2D eigenvalue weighted by Gasteiger charge is 2.26. The number of nitrogens with zero attached hydrogens (tertiary/aromatic N) is 1. The molecule has 2 N–H and O–H groups in total. The third-order valence-corrected chi connectivity index (χ3v) is 3.09. The van der Waals surface area contributed by atoms with Gasteiger partial charge in [0, 0.05) is 19.5 Å². The predicted molar refractivity (Wildman–Crippen MR) is 57.7 cm³/mol. The van der Waals surface area contributed by atoms with Crippen molar-refractivity contribution in [3.8, 4) is 0 Å².